The first-order valence-corrected chi connectivity index (χ1v) is 5.39. The molecule has 0 aromatic carbocycles. The number of alkyl halides is 1. The minimum absolute atomic E-state index is 0.0586. The summed E-state index contributed by atoms with van der Waals surface area (Å²) in [6.45, 7) is 6.75. The molecule has 1 heterocycles. The third kappa shape index (κ3) is 3.14. The molecule has 2 atom stereocenters. The maximum atomic E-state index is 11.8. The predicted molar refractivity (Wildman–Crippen MR) is 58.6 cm³/mol. The molecule has 0 bridgehead atoms. The van der Waals surface area contributed by atoms with Gasteiger partial charge in [0.2, 0.25) is 5.91 Å². The topological polar surface area (TPSA) is 32.3 Å². The number of halogens is 1. The Hall–Kier alpha value is -0.280. The molecule has 0 aromatic heterocycles. The van der Waals surface area contributed by atoms with Crippen LogP contribution < -0.4 is 5.32 Å². The van der Waals surface area contributed by atoms with Gasteiger partial charge in [0, 0.05) is 17.5 Å². The highest BCUT2D eigenvalue weighted by atomic mass is 35.5. The fraction of sp³-hybridized carbons (Fsp3) is 0.900. The van der Waals surface area contributed by atoms with Crippen LogP contribution in [0.1, 0.15) is 27.2 Å². The van der Waals surface area contributed by atoms with Crippen LogP contribution in [0, 0.1) is 0 Å². The van der Waals surface area contributed by atoms with E-state index in [0.717, 1.165) is 13.0 Å². The Morgan fingerprint density at radius 2 is 2.07 bits per heavy atom. The minimum Gasteiger partial charge on any atom is -0.350 e. The summed E-state index contributed by atoms with van der Waals surface area (Å²) in [5.41, 5.74) is -0.164. The predicted octanol–water partition coefficient (Wildman–Crippen LogP) is 1.21. The zero-order valence-corrected chi connectivity index (χ0v) is 10.1. The Morgan fingerprint density at radius 3 is 2.43 bits per heavy atom. The molecule has 0 spiro atoms. The first-order chi connectivity index (χ1) is 6.29. The number of rotatable bonds is 1. The molecule has 1 saturated heterocycles. The molecule has 3 nitrogen and oxygen atoms in total. The van der Waals surface area contributed by atoms with Crippen LogP contribution in [0.2, 0.25) is 0 Å². The van der Waals surface area contributed by atoms with Crippen LogP contribution in [0.15, 0.2) is 0 Å². The Labute approximate surface area is 90.8 Å². The summed E-state index contributed by atoms with van der Waals surface area (Å²) < 4.78 is 0. The zero-order valence-electron chi connectivity index (χ0n) is 9.30. The van der Waals surface area contributed by atoms with Crippen molar-refractivity contribution in [3.63, 3.8) is 0 Å². The minimum atomic E-state index is -0.164. The van der Waals surface area contributed by atoms with Crippen molar-refractivity contribution in [2.45, 2.75) is 44.1 Å². The number of carbonyl (C=O) groups excluding carboxylic acids is 1. The maximum absolute atomic E-state index is 11.8. The first-order valence-electron chi connectivity index (χ1n) is 4.96. The third-order valence-corrected chi connectivity index (χ3v) is 2.61. The van der Waals surface area contributed by atoms with Gasteiger partial charge >= 0.3 is 0 Å². The molecule has 82 valence electrons. The van der Waals surface area contributed by atoms with Crippen LogP contribution in [0.25, 0.3) is 0 Å². The lowest BCUT2D eigenvalue weighted by Gasteiger charge is -2.25. The summed E-state index contributed by atoms with van der Waals surface area (Å²) in [6, 6.07) is -0.0586. The molecular formula is C10H19ClN2O. The Kier molecular flexibility index (Phi) is 3.43. The summed E-state index contributed by atoms with van der Waals surface area (Å²) in [7, 11) is 1.94. The van der Waals surface area contributed by atoms with Gasteiger partial charge in [0.05, 0.1) is 6.04 Å². The molecule has 0 saturated carbocycles. The molecule has 0 aromatic rings. The molecule has 1 aliphatic rings. The highest BCUT2D eigenvalue weighted by Gasteiger charge is 2.34. The van der Waals surface area contributed by atoms with E-state index >= 15 is 0 Å². The van der Waals surface area contributed by atoms with Crippen LogP contribution >= 0.6 is 11.6 Å². The normalized spacial score (nSPS) is 29.2. The van der Waals surface area contributed by atoms with Crippen LogP contribution in [-0.2, 0) is 4.79 Å². The number of amides is 1. The van der Waals surface area contributed by atoms with Gasteiger partial charge in [-0.15, -0.1) is 11.6 Å². The average Bonchev–Trinajstić information content (AvgIpc) is 2.26. The third-order valence-electron chi connectivity index (χ3n) is 2.30. The van der Waals surface area contributed by atoms with Gasteiger partial charge in [-0.2, -0.15) is 0 Å². The van der Waals surface area contributed by atoms with E-state index in [1.165, 1.54) is 0 Å². The zero-order chi connectivity index (χ0) is 10.9. The summed E-state index contributed by atoms with van der Waals surface area (Å²) in [5.74, 6) is 0.0863. The SMILES string of the molecule is CN1C[C@H](Cl)C[C@H]1C(=O)NC(C)(C)C. The largest absolute Gasteiger partial charge is 0.350 e. The van der Waals surface area contributed by atoms with Crippen LogP contribution in [0.5, 0.6) is 0 Å². The van der Waals surface area contributed by atoms with Gasteiger partial charge in [0.15, 0.2) is 0 Å². The lowest BCUT2D eigenvalue weighted by molar-refractivity contribution is -0.126. The molecule has 1 amide bonds. The lowest BCUT2D eigenvalue weighted by Crippen LogP contribution is -2.49. The molecule has 1 rings (SSSR count). The number of nitrogens with zero attached hydrogens (tertiary/aromatic N) is 1. The molecule has 0 radical (unpaired) electrons. The van der Waals surface area contributed by atoms with Gasteiger partial charge in [-0.1, -0.05) is 0 Å². The monoisotopic (exact) mass is 218 g/mol. The highest BCUT2D eigenvalue weighted by molar-refractivity contribution is 6.21. The van der Waals surface area contributed by atoms with Crippen molar-refractivity contribution in [2.24, 2.45) is 0 Å². The second kappa shape index (κ2) is 4.07. The van der Waals surface area contributed by atoms with Crippen molar-refractivity contribution in [1.29, 1.82) is 0 Å². The van der Waals surface area contributed by atoms with E-state index in [1.807, 2.05) is 32.7 Å². The number of hydrogen-bond donors (Lipinski definition) is 1. The second-order valence-corrected chi connectivity index (χ2v) is 5.64. The van der Waals surface area contributed by atoms with Crippen molar-refractivity contribution < 1.29 is 4.79 Å². The lowest BCUT2D eigenvalue weighted by atomic mass is 10.1. The second-order valence-electron chi connectivity index (χ2n) is 5.03. The van der Waals surface area contributed by atoms with Crippen molar-refractivity contribution in [3.05, 3.63) is 0 Å². The summed E-state index contributed by atoms with van der Waals surface area (Å²) in [5, 5.41) is 3.08. The van der Waals surface area contributed by atoms with Crippen molar-refractivity contribution >= 4 is 17.5 Å². The van der Waals surface area contributed by atoms with Crippen molar-refractivity contribution in [2.75, 3.05) is 13.6 Å². The fourth-order valence-electron chi connectivity index (χ4n) is 1.70. The summed E-state index contributed by atoms with van der Waals surface area (Å²) in [4.78, 5) is 13.8. The summed E-state index contributed by atoms with van der Waals surface area (Å²) in [6.07, 6.45) is 0.750. The van der Waals surface area contributed by atoms with E-state index in [-0.39, 0.29) is 22.9 Å². The number of likely N-dealkylation sites (tertiary alicyclic amines) is 1. The van der Waals surface area contributed by atoms with Crippen LogP contribution in [0.3, 0.4) is 0 Å². The number of carbonyl (C=O) groups is 1. The van der Waals surface area contributed by atoms with Gasteiger partial charge in [-0.3, -0.25) is 9.69 Å². The van der Waals surface area contributed by atoms with Gasteiger partial charge < -0.3 is 5.32 Å². The molecule has 0 unspecified atom stereocenters. The van der Waals surface area contributed by atoms with E-state index in [1.54, 1.807) is 0 Å². The molecule has 0 aliphatic carbocycles. The van der Waals surface area contributed by atoms with E-state index in [2.05, 4.69) is 5.32 Å². The van der Waals surface area contributed by atoms with E-state index in [9.17, 15) is 4.79 Å². The van der Waals surface area contributed by atoms with Gasteiger partial charge in [-0.25, -0.2) is 0 Å². The number of likely N-dealkylation sites (N-methyl/N-ethyl adjacent to an activating group) is 1. The molecule has 1 N–H and O–H groups in total. The maximum Gasteiger partial charge on any atom is 0.237 e. The molecule has 1 fully saturated rings. The quantitative estimate of drug-likeness (QED) is 0.672. The first kappa shape index (κ1) is 11.8. The van der Waals surface area contributed by atoms with Gasteiger partial charge in [0.1, 0.15) is 0 Å². The average molecular weight is 219 g/mol. The smallest absolute Gasteiger partial charge is 0.237 e. The van der Waals surface area contributed by atoms with Crippen LogP contribution in [-0.4, -0.2) is 41.4 Å². The van der Waals surface area contributed by atoms with Gasteiger partial charge in [0.25, 0.3) is 0 Å². The van der Waals surface area contributed by atoms with E-state index in [0.29, 0.717) is 0 Å². The molecule has 1 aliphatic heterocycles. The van der Waals surface area contributed by atoms with Crippen LogP contribution in [0.4, 0.5) is 0 Å². The molecule has 14 heavy (non-hydrogen) atoms. The van der Waals surface area contributed by atoms with Gasteiger partial charge in [-0.05, 0) is 34.2 Å². The molecular weight excluding hydrogens is 200 g/mol. The van der Waals surface area contributed by atoms with E-state index < -0.39 is 0 Å². The Balaban J connectivity index is 2.53. The fourth-order valence-corrected chi connectivity index (χ4v) is 2.08. The highest BCUT2D eigenvalue weighted by Crippen LogP contribution is 2.20. The molecule has 4 heteroatoms. The Morgan fingerprint density at radius 1 is 1.50 bits per heavy atom. The number of nitrogens with one attached hydrogen (secondary N) is 1. The van der Waals surface area contributed by atoms with E-state index in [4.69, 9.17) is 11.6 Å². The van der Waals surface area contributed by atoms with Crippen molar-refractivity contribution in [3.8, 4) is 0 Å². The standard InChI is InChI=1S/C10H19ClN2O/c1-10(2,3)12-9(14)8-5-7(11)6-13(8)4/h7-8H,5-6H2,1-4H3,(H,12,14)/t7-,8+/m1/s1. The number of hydrogen-bond acceptors (Lipinski definition) is 2. The summed E-state index contributed by atoms with van der Waals surface area (Å²) >= 11 is 6.00. The van der Waals surface area contributed by atoms with Crippen molar-refractivity contribution in [1.82, 2.24) is 10.2 Å². The Bertz CT molecular complexity index is 225.